The van der Waals surface area contributed by atoms with Crippen LogP contribution in [0.15, 0.2) is 61.2 Å². The van der Waals surface area contributed by atoms with Gasteiger partial charge < -0.3 is 10.0 Å². The molecule has 0 radical (unpaired) electrons. The summed E-state index contributed by atoms with van der Waals surface area (Å²) in [6.07, 6.45) is 1.52. The van der Waals surface area contributed by atoms with Gasteiger partial charge in [-0.25, -0.2) is 28.5 Å². The molecule has 1 aliphatic heterocycles. The van der Waals surface area contributed by atoms with Gasteiger partial charge in [-0.1, -0.05) is 24.3 Å². The molecule has 4 aromatic rings. The van der Waals surface area contributed by atoms with E-state index in [-0.39, 0.29) is 11.3 Å². The molecule has 0 bridgehead atoms. The molecule has 0 atom stereocenters. The lowest BCUT2D eigenvalue weighted by atomic mass is 9.92. The summed E-state index contributed by atoms with van der Waals surface area (Å²) >= 11 is 0. The Balaban J connectivity index is 1.69. The average molecular weight is 475 g/mol. The lowest BCUT2D eigenvalue weighted by molar-refractivity contribution is 0.0943. The van der Waals surface area contributed by atoms with Crippen molar-refractivity contribution in [1.82, 2.24) is 20.3 Å². The Morgan fingerprint density at radius 3 is 2.60 bits per heavy atom. The van der Waals surface area contributed by atoms with Gasteiger partial charge in [0, 0.05) is 41.1 Å². The van der Waals surface area contributed by atoms with Gasteiger partial charge in [0.1, 0.15) is 17.8 Å². The summed E-state index contributed by atoms with van der Waals surface area (Å²) in [5.74, 6) is -0.468. The fourth-order valence-corrected chi connectivity index (χ4v) is 4.40. The van der Waals surface area contributed by atoms with Crippen LogP contribution in [-0.4, -0.2) is 38.6 Å². The molecule has 10 heteroatoms. The lowest BCUT2D eigenvalue weighted by Crippen LogP contribution is -2.31. The largest absolute Gasteiger partial charge is 0.465 e. The first kappa shape index (κ1) is 22.3. The number of nitrogens with zero attached hydrogens (tertiary/aromatic N) is 4. The van der Waals surface area contributed by atoms with Crippen LogP contribution >= 0.6 is 0 Å². The molecule has 0 saturated carbocycles. The average Bonchev–Trinajstić information content (AvgIpc) is 2.87. The number of carboxylic acid groups (broad SMARTS) is 1. The smallest absolute Gasteiger partial charge is 0.411 e. The minimum atomic E-state index is -2.74. The van der Waals surface area contributed by atoms with Crippen molar-refractivity contribution >= 4 is 34.3 Å². The predicted octanol–water partition coefficient (Wildman–Crippen LogP) is 5.12. The highest BCUT2D eigenvalue weighted by molar-refractivity contribution is 6.05. The van der Waals surface area contributed by atoms with E-state index in [0.717, 1.165) is 12.0 Å². The number of halogens is 2. The Bertz CT molecular complexity index is 1450. The quantitative estimate of drug-likeness (QED) is 0.422. The van der Waals surface area contributed by atoms with Crippen LogP contribution in [0.5, 0.6) is 0 Å². The third-order valence-corrected chi connectivity index (χ3v) is 5.91. The molecule has 176 valence electrons. The van der Waals surface area contributed by atoms with Crippen molar-refractivity contribution < 1.29 is 23.5 Å². The van der Waals surface area contributed by atoms with E-state index in [9.17, 15) is 18.4 Å². The highest BCUT2D eigenvalue weighted by atomic mass is 19.3. The van der Waals surface area contributed by atoms with Crippen molar-refractivity contribution in [3.05, 3.63) is 78.0 Å². The van der Waals surface area contributed by atoms with Gasteiger partial charge in [-0.2, -0.15) is 0 Å². The normalized spacial score (nSPS) is 13.1. The van der Waals surface area contributed by atoms with Gasteiger partial charge in [0.05, 0.1) is 0 Å². The fraction of sp³-hybridized carbons (Fsp3) is 0.160. The number of imide groups is 1. The molecule has 0 fully saturated rings. The zero-order valence-corrected chi connectivity index (χ0v) is 18.3. The Morgan fingerprint density at radius 2 is 1.86 bits per heavy atom. The van der Waals surface area contributed by atoms with E-state index in [4.69, 9.17) is 5.11 Å². The van der Waals surface area contributed by atoms with E-state index in [1.807, 2.05) is 22.3 Å². The number of carbonyl (C=O) groups excluding carboxylic acids is 1. The number of pyridine rings is 1. The topological polar surface area (TPSA) is 108 Å². The molecule has 0 spiro atoms. The SMILES string of the molecule is O=C(O)NC(=O)c1cc2ccccc2c(N2CCCc3cc(-c4cncnc4)c(C(F)F)cc32)n1. The molecule has 2 N–H and O–H groups in total. The van der Waals surface area contributed by atoms with Gasteiger partial charge in [0.15, 0.2) is 0 Å². The van der Waals surface area contributed by atoms with Crippen molar-refractivity contribution in [3.63, 3.8) is 0 Å². The maximum absolute atomic E-state index is 14.2. The van der Waals surface area contributed by atoms with Crippen molar-refractivity contribution in [3.8, 4) is 11.1 Å². The lowest BCUT2D eigenvalue weighted by Gasteiger charge is -2.32. The van der Waals surface area contributed by atoms with E-state index >= 15 is 0 Å². The molecule has 3 heterocycles. The summed E-state index contributed by atoms with van der Waals surface area (Å²) < 4.78 is 28.3. The second-order valence-electron chi connectivity index (χ2n) is 8.06. The van der Waals surface area contributed by atoms with E-state index in [1.54, 1.807) is 18.2 Å². The van der Waals surface area contributed by atoms with E-state index in [0.29, 0.717) is 46.4 Å². The molecule has 0 saturated heterocycles. The second kappa shape index (κ2) is 9.05. The number of anilines is 2. The summed E-state index contributed by atoms with van der Waals surface area (Å²) in [5.41, 5.74) is 2.05. The van der Waals surface area contributed by atoms with E-state index < -0.39 is 18.4 Å². The van der Waals surface area contributed by atoms with Gasteiger partial charge in [0.2, 0.25) is 0 Å². The summed E-state index contributed by atoms with van der Waals surface area (Å²) in [7, 11) is 0. The van der Waals surface area contributed by atoms with Crippen molar-refractivity contribution in [1.29, 1.82) is 0 Å². The first-order chi connectivity index (χ1) is 16.9. The Hall–Kier alpha value is -4.47. The Morgan fingerprint density at radius 1 is 1.09 bits per heavy atom. The number of carbonyl (C=O) groups is 2. The van der Waals surface area contributed by atoms with Crippen LogP contribution in [-0.2, 0) is 6.42 Å². The molecule has 2 aromatic heterocycles. The number of alkyl halides is 2. The van der Waals surface area contributed by atoms with Crippen LogP contribution in [0, 0.1) is 0 Å². The number of nitrogens with one attached hydrogen (secondary N) is 1. The van der Waals surface area contributed by atoms with Gasteiger partial charge in [0.25, 0.3) is 12.3 Å². The van der Waals surface area contributed by atoms with Crippen molar-refractivity contribution in [2.75, 3.05) is 11.4 Å². The summed E-state index contributed by atoms with van der Waals surface area (Å²) in [4.78, 5) is 37.6. The molecule has 2 amide bonds. The summed E-state index contributed by atoms with van der Waals surface area (Å²) in [6, 6.07) is 11.9. The molecular weight excluding hydrogens is 456 g/mol. The minimum absolute atomic E-state index is 0.0830. The number of rotatable bonds is 4. The van der Waals surface area contributed by atoms with E-state index in [1.165, 1.54) is 30.9 Å². The minimum Gasteiger partial charge on any atom is -0.465 e. The third kappa shape index (κ3) is 4.25. The van der Waals surface area contributed by atoms with Gasteiger partial charge in [-0.3, -0.25) is 10.1 Å². The van der Waals surface area contributed by atoms with Gasteiger partial charge in [-0.15, -0.1) is 0 Å². The molecule has 5 rings (SSSR count). The fourth-order valence-electron chi connectivity index (χ4n) is 4.40. The number of benzene rings is 2. The maximum atomic E-state index is 14.2. The molecular formula is C25H19F2N5O3. The standard InChI is InChI=1S/C25H19F2N5O3/c26-22(27)19-10-21-15(8-18(19)16-11-28-13-29-12-16)5-3-7-32(21)23-17-6-2-1-4-14(17)9-20(30-23)24(33)31-25(34)35/h1-2,4,6,8-13,22H,3,5,7H2,(H,31,33)(H,34,35). The molecule has 35 heavy (non-hydrogen) atoms. The zero-order chi connectivity index (χ0) is 24.5. The number of aromatic nitrogens is 3. The number of amides is 2. The number of hydrogen-bond donors (Lipinski definition) is 2. The number of aryl methyl sites for hydroxylation is 1. The van der Waals surface area contributed by atoms with Gasteiger partial charge in [-0.05, 0) is 47.6 Å². The first-order valence-corrected chi connectivity index (χ1v) is 10.8. The zero-order valence-electron chi connectivity index (χ0n) is 18.3. The maximum Gasteiger partial charge on any atom is 0.411 e. The summed E-state index contributed by atoms with van der Waals surface area (Å²) in [6.45, 7) is 0.491. The third-order valence-electron chi connectivity index (χ3n) is 5.91. The Kier molecular flexibility index (Phi) is 5.77. The second-order valence-corrected chi connectivity index (χ2v) is 8.06. The van der Waals surface area contributed by atoms with Crippen molar-refractivity contribution in [2.24, 2.45) is 0 Å². The first-order valence-electron chi connectivity index (χ1n) is 10.8. The molecule has 8 nitrogen and oxygen atoms in total. The highest BCUT2D eigenvalue weighted by Crippen LogP contribution is 2.42. The van der Waals surface area contributed by atoms with Crippen molar-refractivity contribution in [2.45, 2.75) is 19.3 Å². The summed E-state index contributed by atoms with van der Waals surface area (Å²) in [5, 5.41) is 12.2. The Labute approximate surface area is 198 Å². The number of fused-ring (bicyclic) bond motifs is 2. The molecule has 2 aromatic carbocycles. The monoisotopic (exact) mass is 475 g/mol. The van der Waals surface area contributed by atoms with Crippen LogP contribution in [0.4, 0.5) is 25.1 Å². The predicted molar refractivity (Wildman–Crippen MR) is 125 cm³/mol. The van der Waals surface area contributed by atoms with Crippen LogP contribution in [0.3, 0.4) is 0 Å². The highest BCUT2D eigenvalue weighted by Gasteiger charge is 2.27. The van der Waals surface area contributed by atoms with Crippen LogP contribution < -0.4 is 10.2 Å². The molecule has 1 aliphatic rings. The number of hydrogen-bond acceptors (Lipinski definition) is 6. The molecule has 0 unspecified atom stereocenters. The van der Waals surface area contributed by atoms with Crippen LogP contribution in [0.1, 0.15) is 34.5 Å². The van der Waals surface area contributed by atoms with E-state index in [2.05, 4.69) is 15.0 Å². The van der Waals surface area contributed by atoms with Crippen LogP contribution in [0.25, 0.3) is 21.9 Å². The molecule has 0 aliphatic carbocycles. The van der Waals surface area contributed by atoms with Gasteiger partial charge >= 0.3 is 6.09 Å². The van der Waals surface area contributed by atoms with Crippen LogP contribution in [0.2, 0.25) is 0 Å².